The molecule has 5 nitrogen and oxygen atoms in total. The van der Waals surface area contributed by atoms with Gasteiger partial charge in [0.1, 0.15) is 6.33 Å². The molecule has 0 saturated carbocycles. The first kappa shape index (κ1) is 15.1. The van der Waals surface area contributed by atoms with Gasteiger partial charge in [0.05, 0.1) is 17.6 Å². The first-order valence-electron chi connectivity index (χ1n) is 7.44. The summed E-state index contributed by atoms with van der Waals surface area (Å²) in [4.78, 5) is 23.5. The highest BCUT2D eigenvalue weighted by atomic mass is 32.1. The van der Waals surface area contributed by atoms with Gasteiger partial charge in [0, 0.05) is 24.5 Å². The molecule has 1 atom stereocenters. The van der Waals surface area contributed by atoms with Crippen molar-refractivity contribution in [3.8, 4) is 0 Å². The lowest BCUT2D eigenvalue weighted by molar-refractivity contribution is -0.0245. The molecule has 0 unspecified atom stereocenters. The van der Waals surface area contributed by atoms with E-state index in [4.69, 9.17) is 4.74 Å². The molecule has 1 aliphatic heterocycles. The van der Waals surface area contributed by atoms with Crippen molar-refractivity contribution in [2.45, 2.75) is 25.9 Å². The highest BCUT2D eigenvalue weighted by Crippen LogP contribution is 2.17. The molecule has 0 N–H and O–H groups in total. The van der Waals surface area contributed by atoms with Crippen LogP contribution in [0.4, 0.5) is 0 Å². The van der Waals surface area contributed by atoms with Crippen LogP contribution in [-0.2, 0) is 11.2 Å². The molecule has 1 saturated heterocycles. The number of ether oxygens (including phenoxy) is 1. The molecule has 0 aromatic carbocycles. The van der Waals surface area contributed by atoms with Gasteiger partial charge in [-0.05, 0) is 37.3 Å². The number of aryl methyl sites for hydroxylation is 2. The summed E-state index contributed by atoms with van der Waals surface area (Å²) in [5, 5.41) is 1.93. The zero-order valence-corrected chi connectivity index (χ0v) is 13.4. The van der Waals surface area contributed by atoms with Crippen LogP contribution < -0.4 is 0 Å². The van der Waals surface area contributed by atoms with Gasteiger partial charge in [-0.25, -0.2) is 9.97 Å². The van der Waals surface area contributed by atoms with Crippen molar-refractivity contribution in [1.29, 1.82) is 0 Å². The van der Waals surface area contributed by atoms with Gasteiger partial charge >= 0.3 is 0 Å². The average Bonchev–Trinajstić information content (AvgIpc) is 3.07. The summed E-state index contributed by atoms with van der Waals surface area (Å²) in [6.07, 6.45) is 3.38. The molecule has 6 heteroatoms. The molecule has 2 aromatic heterocycles. The monoisotopic (exact) mass is 317 g/mol. The lowest BCUT2D eigenvalue weighted by atomic mass is 10.1. The van der Waals surface area contributed by atoms with Gasteiger partial charge in [-0.15, -0.1) is 11.3 Å². The molecule has 3 heterocycles. The second-order valence-corrected chi connectivity index (χ2v) is 6.36. The quantitative estimate of drug-likeness (QED) is 0.868. The third-order valence-corrected chi connectivity index (χ3v) is 4.60. The van der Waals surface area contributed by atoms with E-state index < -0.39 is 0 Å². The molecule has 1 fully saturated rings. The number of hydrogen-bond acceptors (Lipinski definition) is 5. The summed E-state index contributed by atoms with van der Waals surface area (Å²) in [6.45, 7) is 3.88. The van der Waals surface area contributed by atoms with Crippen molar-refractivity contribution in [2.75, 3.05) is 19.7 Å². The van der Waals surface area contributed by atoms with Crippen LogP contribution in [-0.4, -0.2) is 46.6 Å². The molecule has 22 heavy (non-hydrogen) atoms. The Labute approximate surface area is 134 Å². The van der Waals surface area contributed by atoms with Crippen LogP contribution in [0, 0.1) is 6.92 Å². The maximum Gasteiger partial charge on any atom is 0.264 e. The Bertz CT molecular complexity index is 630. The smallest absolute Gasteiger partial charge is 0.264 e. The molecule has 116 valence electrons. The number of morpholine rings is 1. The van der Waals surface area contributed by atoms with Crippen molar-refractivity contribution in [1.82, 2.24) is 14.9 Å². The van der Waals surface area contributed by atoms with Gasteiger partial charge in [0.25, 0.3) is 5.91 Å². The minimum atomic E-state index is 0.0768. The van der Waals surface area contributed by atoms with E-state index >= 15 is 0 Å². The summed E-state index contributed by atoms with van der Waals surface area (Å²) in [6, 6.07) is 5.78. The molecule has 1 amide bonds. The van der Waals surface area contributed by atoms with Gasteiger partial charge in [-0.1, -0.05) is 6.07 Å². The summed E-state index contributed by atoms with van der Waals surface area (Å²) in [5.74, 6) is 0.112. The maximum atomic E-state index is 12.4. The second-order valence-electron chi connectivity index (χ2n) is 5.41. The largest absolute Gasteiger partial charge is 0.375 e. The molecule has 0 spiro atoms. The van der Waals surface area contributed by atoms with Gasteiger partial charge in [-0.2, -0.15) is 0 Å². The molecular formula is C16H19N3O2S. The molecule has 0 radical (unpaired) electrons. The zero-order valence-electron chi connectivity index (χ0n) is 12.6. The molecular weight excluding hydrogens is 298 g/mol. The van der Waals surface area contributed by atoms with Crippen molar-refractivity contribution >= 4 is 17.2 Å². The molecule has 0 bridgehead atoms. The zero-order chi connectivity index (χ0) is 15.4. The van der Waals surface area contributed by atoms with E-state index in [0.29, 0.717) is 19.7 Å². The number of rotatable bonds is 4. The number of thiophene rings is 1. The van der Waals surface area contributed by atoms with Crippen LogP contribution in [0.1, 0.15) is 27.5 Å². The number of hydrogen-bond donors (Lipinski definition) is 0. The third-order valence-electron chi connectivity index (χ3n) is 3.74. The number of aromatic nitrogens is 2. The Hall–Kier alpha value is -1.79. The fourth-order valence-corrected chi connectivity index (χ4v) is 3.28. The van der Waals surface area contributed by atoms with Crippen LogP contribution in [0.3, 0.4) is 0 Å². The van der Waals surface area contributed by atoms with Crippen LogP contribution in [0.5, 0.6) is 0 Å². The third kappa shape index (κ3) is 3.69. The Morgan fingerprint density at radius 3 is 3.18 bits per heavy atom. The summed E-state index contributed by atoms with van der Waals surface area (Å²) in [5.41, 5.74) is 2.00. The summed E-state index contributed by atoms with van der Waals surface area (Å²) >= 11 is 1.49. The highest BCUT2D eigenvalue weighted by molar-refractivity contribution is 7.12. The van der Waals surface area contributed by atoms with Gasteiger partial charge in [-0.3, -0.25) is 4.79 Å². The second kappa shape index (κ2) is 6.98. The van der Waals surface area contributed by atoms with E-state index in [1.54, 1.807) is 6.33 Å². The van der Waals surface area contributed by atoms with Crippen LogP contribution in [0.25, 0.3) is 0 Å². The van der Waals surface area contributed by atoms with E-state index in [2.05, 4.69) is 9.97 Å². The van der Waals surface area contributed by atoms with E-state index in [-0.39, 0.29) is 12.0 Å². The van der Waals surface area contributed by atoms with E-state index in [1.165, 1.54) is 11.3 Å². The average molecular weight is 317 g/mol. The standard InChI is InChI=1S/C16H19N3O2S/c1-12-9-13(18-11-17-12)4-5-14-10-19(6-7-21-14)16(20)15-3-2-8-22-15/h2-3,8-9,11,14H,4-7,10H2,1H3/t14-/m1/s1. The fraction of sp³-hybridized carbons (Fsp3) is 0.438. The van der Waals surface area contributed by atoms with E-state index in [1.807, 2.05) is 35.4 Å². The summed E-state index contributed by atoms with van der Waals surface area (Å²) in [7, 11) is 0. The fourth-order valence-electron chi connectivity index (χ4n) is 2.59. The summed E-state index contributed by atoms with van der Waals surface area (Å²) < 4.78 is 5.79. The van der Waals surface area contributed by atoms with Crippen LogP contribution in [0.15, 0.2) is 29.9 Å². The number of amides is 1. The molecule has 1 aliphatic rings. The predicted molar refractivity (Wildman–Crippen MR) is 85.1 cm³/mol. The predicted octanol–water partition coefficient (Wildman–Crippen LogP) is 2.32. The first-order valence-corrected chi connectivity index (χ1v) is 8.32. The van der Waals surface area contributed by atoms with Gasteiger partial charge < -0.3 is 9.64 Å². The minimum absolute atomic E-state index is 0.0768. The normalized spacial score (nSPS) is 18.4. The van der Waals surface area contributed by atoms with Crippen molar-refractivity contribution in [2.24, 2.45) is 0 Å². The first-order chi connectivity index (χ1) is 10.7. The lowest BCUT2D eigenvalue weighted by Gasteiger charge is -2.32. The molecule has 2 aromatic rings. The Morgan fingerprint density at radius 2 is 2.41 bits per heavy atom. The number of nitrogens with zero attached hydrogens (tertiary/aromatic N) is 3. The SMILES string of the molecule is Cc1cc(CC[C@@H]2CN(C(=O)c3cccs3)CCO2)ncn1. The van der Waals surface area contributed by atoms with E-state index in [9.17, 15) is 4.79 Å². The van der Waals surface area contributed by atoms with E-state index in [0.717, 1.165) is 29.1 Å². The molecule has 0 aliphatic carbocycles. The Kier molecular flexibility index (Phi) is 4.80. The number of carbonyl (C=O) groups is 1. The van der Waals surface area contributed by atoms with Crippen LogP contribution >= 0.6 is 11.3 Å². The molecule has 3 rings (SSSR count). The van der Waals surface area contributed by atoms with Crippen molar-refractivity contribution < 1.29 is 9.53 Å². The number of carbonyl (C=O) groups excluding carboxylic acids is 1. The highest BCUT2D eigenvalue weighted by Gasteiger charge is 2.25. The Morgan fingerprint density at radius 1 is 1.50 bits per heavy atom. The van der Waals surface area contributed by atoms with Crippen molar-refractivity contribution in [3.63, 3.8) is 0 Å². The van der Waals surface area contributed by atoms with Gasteiger partial charge in [0.15, 0.2) is 0 Å². The Balaban J connectivity index is 1.55. The van der Waals surface area contributed by atoms with Crippen molar-refractivity contribution in [3.05, 3.63) is 46.2 Å². The topological polar surface area (TPSA) is 55.3 Å². The maximum absolute atomic E-state index is 12.4. The van der Waals surface area contributed by atoms with Gasteiger partial charge in [0.2, 0.25) is 0 Å². The minimum Gasteiger partial charge on any atom is -0.375 e. The lowest BCUT2D eigenvalue weighted by Crippen LogP contribution is -2.45. The van der Waals surface area contributed by atoms with Crippen LogP contribution in [0.2, 0.25) is 0 Å².